The maximum atomic E-state index is 13.5. The molecule has 7 nitrogen and oxygen atoms in total. The number of nitrogens with zero attached hydrogens (tertiary/aromatic N) is 2. The van der Waals surface area contributed by atoms with E-state index in [0.29, 0.717) is 54.3 Å². The number of hydrogen-bond donors (Lipinski definition) is 3. The molecule has 0 aromatic carbocycles. The van der Waals surface area contributed by atoms with Gasteiger partial charge in [0.1, 0.15) is 5.56 Å². The van der Waals surface area contributed by atoms with Crippen molar-refractivity contribution in [2.45, 2.75) is 101 Å². The molecule has 33 heavy (non-hydrogen) atoms. The molecule has 7 rings (SSSR count). The van der Waals surface area contributed by atoms with E-state index in [-0.39, 0.29) is 11.9 Å². The smallest absolute Gasteiger partial charge is 0.258 e. The number of rotatable bonds is 9. The van der Waals surface area contributed by atoms with Crippen LogP contribution in [-0.2, 0) is 6.54 Å². The number of carbonyl (C=O) groups is 1. The van der Waals surface area contributed by atoms with E-state index in [0.717, 1.165) is 38.6 Å². The Morgan fingerprint density at radius 2 is 1.88 bits per heavy atom. The van der Waals surface area contributed by atoms with Gasteiger partial charge < -0.3 is 20.5 Å². The maximum absolute atomic E-state index is 13.5. The van der Waals surface area contributed by atoms with Crippen LogP contribution in [-0.4, -0.2) is 51.6 Å². The standard InChI is InChI=1S/C26H40N4O3/c31-24(29-23-19-10-18-11-20(23)14-26(32,12-18)13-19)22-15-28-30(9-8-27-21-6-7-21)25(22)33-16-17-4-2-1-3-5-17/h15,17-21,23,27,32H,1-14,16H2,(H,29,31)/t18?,19?,20?,23-,26-. The van der Waals surface area contributed by atoms with Gasteiger partial charge in [-0.3, -0.25) is 4.79 Å². The number of amides is 1. The second-order valence-corrected chi connectivity index (χ2v) is 11.8. The average molecular weight is 457 g/mol. The Kier molecular flexibility index (Phi) is 5.89. The van der Waals surface area contributed by atoms with Crippen LogP contribution < -0.4 is 15.4 Å². The molecule has 0 radical (unpaired) electrons. The summed E-state index contributed by atoms with van der Waals surface area (Å²) in [4.78, 5) is 13.5. The number of ether oxygens (including phenoxy) is 1. The molecule has 0 spiro atoms. The fraction of sp³-hybridized carbons (Fsp3) is 0.846. The third-order valence-electron chi connectivity index (χ3n) is 9.09. The van der Waals surface area contributed by atoms with Gasteiger partial charge in [0, 0.05) is 18.6 Å². The number of aromatic nitrogens is 2. The van der Waals surface area contributed by atoms with E-state index in [1.54, 1.807) is 6.20 Å². The van der Waals surface area contributed by atoms with Crippen molar-refractivity contribution in [1.82, 2.24) is 20.4 Å². The molecule has 4 bridgehead atoms. The van der Waals surface area contributed by atoms with E-state index in [4.69, 9.17) is 4.74 Å². The SMILES string of the molecule is O=C(N[C@H]1C2CC3CC1C[C@](O)(C3)C2)c1cnn(CCNC2CC2)c1OCC1CCCCC1. The first kappa shape index (κ1) is 21.9. The molecule has 2 unspecified atom stereocenters. The molecule has 0 aliphatic heterocycles. The van der Waals surface area contributed by atoms with Gasteiger partial charge in [0.25, 0.3) is 5.91 Å². The molecular weight excluding hydrogens is 416 g/mol. The number of aliphatic hydroxyl groups is 1. The average Bonchev–Trinajstić information content (AvgIpc) is 3.52. The van der Waals surface area contributed by atoms with Crippen molar-refractivity contribution in [3.05, 3.63) is 11.8 Å². The van der Waals surface area contributed by atoms with E-state index >= 15 is 0 Å². The van der Waals surface area contributed by atoms with Gasteiger partial charge in [0.15, 0.2) is 0 Å². The van der Waals surface area contributed by atoms with Crippen LogP contribution in [0.25, 0.3) is 0 Å². The molecule has 3 N–H and O–H groups in total. The Hall–Kier alpha value is -1.60. The highest BCUT2D eigenvalue weighted by Gasteiger charge is 2.55. The molecule has 1 aromatic heterocycles. The van der Waals surface area contributed by atoms with E-state index in [9.17, 15) is 9.90 Å². The van der Waals surface area contributed by atoms with Crippen LogP contribution >= 0.6 is 0 Å². The molecule has 6 saturated carbocycles. The number of carbonyl (C=O) groups excluding carboxylic acids is 1. The largest absolute Gasteiger partial charge is 0.477 e. The predicted molar refractivity (Wildman–Crippen MR) is 125 cm³/mol. The van der Waals surface area contributed by atoms with Crippen LogP contribution in [0.3, 0.4) is 0 Å². The maximum Gasteiger partial charge on any atom is 0.258 e. The first-order valence-electron chi connectivity index (χ1n) is 13.5. The van der Waals surface area contributed by atoms with Crippen molar-refractivity contribution in [2.24, 2.45) is 23.7 Å². The molecule has 7 heteroatoms. The summed E-state index contributed by atoms with van der Waals surface area (Å²) in [5.74, 6) is 2.59. The Morgan fingerprint density at radius 1 is 1.12 bits per heavy atom. The van der Waals surface area contributed by atoms with Gasteiger partial charge in [0.05, 0.1) is 24.9 Å². The van der Waals surface area contributed by atoms with Crippen molar-refractivity contribution in [3.63, 3.8) is 0 Å². The molecule has 6 aliphatic rings. The van der Waals surface area contributed by atoms with E-state index < -0.39 is 5.60 Å². The zero-order valence-electron chi connectivity index (χ0n) is 19.8. The lowest BCUT2D eigenvalue weighted by molar-refractivity contribution is -0.136. The van der Waals surface area contributed by atoms with Gasteiger partial charge in [-0.05, 0) is 81.5 Å². The molecule has 2 atom stereocenters. The minimum atomic E-state index is -0.481. The van der Waals surface area contributed by atoms with Crippen molar-refractivity contribution < 1.29 is 14.6 Å². The molecule has 6 fully saturated rings. The Bertz CT molecular complexity index is 844. The van der Waals surface area contributed by atoms with E-state index in [1.165, 1.54) is 44.9 Å². The van der Waals surface area contributed by atoms with Crippen LogP contribution in [0, 0.1) is 23.7 Å². The molecule has 1 heterocycles. The summed E-state index contributed by atoms with van der Waals surface area (Å²) in [5, 5.41) is 22.4. The summed E-state index contributed by atoms with van der Waals surface area (Å²) < 4.78 is 8.22. The van der Waals surface area contributed by atoms with Crippen LogP contribution in [0.4, 0.5) is 0 Å². The molecule has 0 saturated heterocycles. The lowest BCUT2D eigenvalue weighted by atomic mass is 9.52. The minimum absolute atomic E-state index is 0.0560. The highest BCUT2D eigenvalue weighted by Crippen LogP contribution is 2.55. The van der Waals surface area contributed by atoms with Crippen molar-refractivity contribution >= 4 is 5.91 Å². The quantitative estimate of drug-likeness (QED) is 0.531. The highest BCUT2D eigenvalue weighted by molar-refractivity contribution is 5.96. The molecule has 1 aromatic rings. The Labute approximate surface area is 197 Å². The van der Waals surface area contributed by atoms with Gasteiger partial charge in [-0.15, -0.1) is 0 Å². The summed E-state index contributed by atoms with van der Waals surface area (Å²) in [6, 6.07) is 0.821. The summed E-state index contributed by atoms with van der Waals surface area (Å²) in [6.45, 7) is 2.23. The fourth-order valence-electron chi connectivity index (χ4n) is 7.50. The first-order chi connectivity index (χ1) is 16.1. The fourth-order valence-corrected chi connectivity index (χ4v) is 7.50. The molecule has 1 amide bonds. The second-order valence-electron chi connectivity index (χ2n) is 11.8. The minimum Gasteiger partial charge on any atom is -0.477 e. The Balaban J connectivity index is 1.15. The van der Waals surface area contributed by atoms with Crippen molar-refractivity contribution in [3.8, 4) is 5.88 Å². The Morgan fingerprint density at radius 3 is 2.58 bits per heavy atom. The monoisotopic (exact) mass is 456 g/mol. The van der Waals surface area contributed by atoms with E-state index in [2.05, 4.69) is 15.7 Å². The topological polar surface area (TPSA) is 88.4 Å². The van der Waals surface area contributed by atoms with Crippen molar-refractivity contribution in [2.75, 3.05) is 13.2 Å². The third kappa shape index (κ3) is 4.68. The molecular formula is C26H40N4O3. The third-order valence-corrected chi connectivity index (χ3v) is 9.09. The second kappa shape index (κ2) is 8.88. The van der Waals surface area contributed by atoms with Crippen molar-refractivity contribution in [1.29, 1.82) is 0 Å². The lowest BCUT2D eigenvalue weighted by Gasteiger charge is -2.58. The predicted octanol–water partition coefficient (Wildman–Crippen LogP) is 3.26. The lowest BCUT2D eigenvalue weighted by Crippen LogP contribution is -2.61. The van der Waals surface area contributed by atoms with Crippen LogP contribution in [0.5, 0.6) is 5.88 Å². The summed E-state index contributed by atoms with van der Waals surface area (Å²) in [7, 11) is 0. The first-order valence-corrected chi connectivity index (χ1v) is 13.5. The summed E-state index contributed by atoms with van der Waals surface area (Å²) in [6.07, 6.45) is 15.5. The van der Waals surface area contributed by atoms with E-state index in [1.807, 2.05) is 4.68 Å². The van der Waals surface area contributed by atoms with Crippen LogP contribution in [0.2, 0.25) is 0 Å². The highest BCUT2D eigenvalue weighted by atomic mass is 16.5. The van der Waals surface area contributed by atoms with Gasteiger partial charge in [-0.25, -0.2) is 4.68 Å². The van der Waals surface area contributed by atoms with Crippen LogP contribution in [0.1, 0.15) is 87.4 Å². The summed E-state index contributed by atoms with van der Waals surface area (Å²) >= 11 is 0. The van der Waals surface area contributed by atoms with Gasteiger partial charge in [0.2, 0.25) is 5.88 Å². The van der Waals surface area contributed by atoms with Gasteiger partial charge in [-0.2, -0.15) is 5.10 Å². The van der Waals surface area contributed by atoms with Gasteiger partial charge >= 0.3 is 0 Å². The number of nitrogens with one attached hydrogen (secondary N) is 2. The molecule has 6 aliphatic carbocycles. The zero-order valence-corrected chi connectivity index (χ0v) is 19.8. The summed E-state index contributed by atoms with van der Waals surface area (Å²) in [5.41, 5.74) is 0.0931. The zero-order chi connectivity index (χ0) is 22.4. The normalized spacial score (nSPS) is 35.7. The molecule has 182 valence electrons. The van der Waals surface area contributed by atoms with Crippen LogP contribution in [0.15, 0.2) is 6.20 Å². The number of hydrogen-bond acceptors (Lipinski definition) is 5. The van der Waals surface area contributed by atoms with Gasteiger partial charge in [-0.1, -0.05) is 19.3 Å².